The minimum atomic E-state index is -0.882. The molecular weight excluding hydrogens is 232 g/mol. The fourth-order valence-corrected chi connectivity index (χ4v) is 1.75. The molecule has 94 valence electrons. The van der Waals surface area contributed by atoms with Crippen molar-refractivity contribution in [2.75, 3.05) is 0 Å². The minimum Gasteiger partial charge on any atom is -0.481 e. The van der Waals surface area contributed by atoms with E-state index in [-0.39, 0.29) is 5.69 Å². The molecule has 0 aliphatic carbocycles. The monoisotopic (exact) mass is 246 g/mol. The summed E-state index contributed by atoms with van der Waals surface area (Å²) in [4.78, 5) is 22.7. The predicted octanol–water partition coefficient (Wildman–Crippen LogP) is 1.36. The van der Waals surface area contributed by atoms with Crippen LogP contribution in [0.1, 0.15) is 18.4 Å². The number of carboxylic acid groups (broad SMARTS) is 1. The van der Waals surface area contributed by atoms with E-state index in [1.54, 1.807) is 50.6 Å². The van der Waals surface area contributed by atoms with Crippen LogP contribution in [0.3, 0.4) is 0 Å². The Hall–Kier alpha value is -2.30. The highest BCUT2D eigenvalue weighted by atomic mass is 16.4. The van der Waals surface area contributed by atoms with Crippen LogP contribution in [0.5, 0.6) is 0 Å². The van der Waals surface area contributed by atoms with Crippen molar-refractivity contribution < 1.29 is 9.90 Å². The largest absolute Gasteiger partial charge is 0.481 e. The summed E-state index contributed by atoms with van der Waals surface area (Å²) in [6.07, 6.45) is 3.32. The van der Waals surface area contributed by atoms with E-state index in [1.165, 1.54) is 9.13 Å². The maximum Gasteiger partial charge on any atom is 0.332 e. The highest BCUT2D eigenvalue weighted by molar-refractivity contribution is 5.75. The molecule has 1 atom stereocenters. The van der Waals surface area contributed by atoms with Gasteiger partial charge in [0.2, 0.25) is 0 Å². The van der Waals surface area contributed by atoms with Gasteiger partial charge in [0.25, 0.3) is 0 Å². The van der Waals surface area contributed by atoms with Crippen LogP contribution >= 0.6 is 0 Å². The molecule has 0 spiro atoms. The Bertz CT molecular complexity index is 640. The Kier molecular flexibility index (Phi) is 3.06. The van der Waals surface area contributed by atoms with Crippen LogP contribution in [-0.4, -0.2) is 20.2 Å². The lowest BCUT2D eigenvalue weighted by Crippen LogP contribution is -2.20. The number of rotatable bonds is 3. The van der Waals surface area contributed by atoms with E-state index >= 15 is 0 Å². The standard InChI is InChI=1S/C13H14N2O3/c1-9(12(16)17)10-4-3-5-11(8-10)15-7-6-14(2)13(15)18/h3-9H,1-2H3,(H,16,17). The number of carbonyl (C=O) groups is 1. The second kappa shape index (κ2) is 4.52. The van der Waals surface area contributed by atoms with E-state index in [0.717, 1.165) is 0 Å². The molecule has 18 heavy (non-hydrogen) atoms. The maximum absolute atomic E-state index is 11.8. The van der Waals surface area contributed by atoms with Gasteiger partial charge in [-0.25, -0.2) is 4.79 Å². The quantitative estimate of drug-likeness (QED) is 0.889. The summed E-state index contributed by atoms with van der Waals surface area (Å²) in [6, 6.07) is 7.00. The van der Waals surface area contributed by atoms with Crippen LogP contribution in [0.25, 0.3) is 5.69 Å². The minimum absolute atomic E-state index is 0.157. The molecule has 1 heterocycles. The van der Waals surface area contributed by atoms with Crippen LogP contribution in [0.15, 0.2) is 41.5 Å². The first-order valence-electron chi connectivity index (χ1n) is 5.58. The van der Waals surface area contributed by atoms with Gasteiger partial charge in [0, 0.05) is 19.4 Å². The van der Waals surface area contributed by atoms with Gasteiger partial charge >= 0.3 is 11.7 Å². The average molecular weight is 246 g/mol. The van der Waals surface area contributed by atoms with E-state index in [2.05, 4.69) is 0 Å². The number of carboxylic acids is 1. The van der Waals surface area contributed by atoms with E-state index < -0.39 is 11.9 Å². The predicted molar refractivity (Wildman–Crippen MR) is 67.1 cm³/mol. The van der Waals surface area contributed by atoms with Gasteiger partial charge in [-0.1, -0.05) is 12.1 Å². The molecule has 0 aliphatic heterocycles. The molecule has 0 radical (unpaired) electrons. The summed E-state index contributed by atoms with van der Waals surface area (Å²) in [6.45, 7) is 1.62. The Labute approximate surface area is 104 Å². The fraction of sp³-hybridized carbons (Fsp3) is 0.231. The van der Waals surface area contributed by atoms with Crippen molar-refractivity contribution in [2.45, 2.75) is 12.8 Å². The molecule has 2 aromatic rings. The van der Waals surface area contributed by atoms with E-state index in [9.17, 15) is 9.59 Å². The average Bonchev–Trinajstić information content (AvgIpc) is 2.69. The number of benzene rings is 1. The van der Waals surface area contributed by atoms with Crippen LogP contribution < -0.4 is 5.69 Å². The molecule has 2 rings (SSSR count). The number of nitrogens with zero attached hydrogens (tertiary/aromatic N) is 2. The van der Waals surface area contributed by atoms with Crippen molar-refractivity contribution in [3.05, 3.63) is 52.7 Å². The molecule has 1 N–H and O–H groups in total. The van der Waals surface area contributed by atoms with Crippen LogP contribution in [0.2, 0.25) is 0 Å². The summed E-state index contributed by atoms with van der Waals surface area (Å²) < 4.78 is 2.95. The zero-order valence-electron chi connectivity index (χ0n) is 10.2. The third kappa shape index (κ3) is 2.07. The van der Waals surface area contributed by atoms with Crippen molar-refractivity contribution in [1.29, 1.82) is 0 Å². The Balaban J connectivity index is 2.48. The molecule has 1 unspecified atom stereocenters. The van der Waals surface area contributed by atoms with Gasteiger partial charge in [0.1, 0.15) is 0 Å². The van der Waals surface area contributed by atoms with Gasteiger partial charge in [-0.15, -0.1) is 0 Å². The van der Waals surface area contributed by atoms with Crippen molar-refractivity contribution in [1.82, 2.24) is 9.13 Å². The Morgan fingerprint density at radius 3 is 2.61 bits per heavy atom. The molecule has 0 saturated heterocycles. The lowest BCUT2D eigenvalue weighted by atomic mass is 10.0. The van der Waals surface area contributed by atoms with Crippen LogP contribution in [-0.2, 0) is 11.8 Å². The van der Waals surface area contributed by atoms with Crippen molar-refractivity contribution in [3.8, 4) is 5.69 Å². The van der Waals surface area contributed by atoms with E-state index in [1.807, 2.05) is 0 Å². The fourth-order valence-electron chi connectivity index (χ4n) is 1.75. The summed E-state index contributed by atoms with van der Waals surface area (Å²) in [5.74, 6) is -1.48. The second-order valence-electron chi connectivity index (χ2n) is 4.22. The molecule has 1 aromatic carbocycles. The highest BCUT2D eigenvalue weighted by Crippen LogP contribution is 2.18. The third-order valence-corrected chi connectivity index (χ3v) is 2.97. The lowest BCUT2D eigenvalue weighted by Gasteiger charge is -2.08. The molecule has 0 bridgehead atoms. The summed E-state index contributed by atoms with van der Waals surface area (Å²) in [5, 5.41) is 8.98. The summed E-state index contributed by atoms with van der Waals surface area (Å²) in [7, 11) is 1.67. The molecule has 0 saturated carbocycles. The zero-order valence-corrected chi connectivity index (χ0v) is 10.2. The van der Waals surface area contributed by atoms with Gasteiger partial charge in [0.05, 0.1) is 11.6 Å². The van der Waals surface area contributed by atoms with Gasteiger partial charge in [-0.2, -0.15) is 0 Å². The van der Waals surface area contributed by atoms with E-state index in [4.69, 9.17) is 5.11 Å². The topological polar surface area (TPSA) is 64.2 Å². The molecule has 0 aliphatic rings. The van der Waals surface area contributed by atoms with Crippen molar-refractivity contribution in [2.24, 2.45) is 7.05 Å². The number of aromatic nitrogens is 2. The zero-order chi connectivity index (χ0) is 13.3. The van der Waals surface area contributed by atoms with Crippen LogP contribution in [0.4, 0.5) is 0 Å². The van der Waals surface area contributed by atoms with Crippen LogP contribution in [0, 0.1) is 0 Å². The van der Waals surface area contributed by atoms with Crippen molar-refractivity contribution in [3.63, 3.8) is 0 Å². The number of imidazole rings is 1. The summed E-state index contributed by atoms with van der Waals surface area (Å²) in [5.41, 5.74) is 1.19. The smallest absolute Gasteiger partial charge is 0.332 e. The molecule has 0 amide bonds. The second-order valence-corrected chi connectivity index (χ2v) is 4.22. The lowest BCUT2D eigenvalue weighted by molar-refractivity contribution is -0.138. The first-order valence-corrected chi connectivity index (χ1v) is 5.58. The number of hydrogen-bond acceptors (Lipinski definition) is 2. The molecule has 5 heteroatoms. The van der Waals surface area contributed by atoms with Gasteiger partial charge in [0.15, 0.2) is 0 Å². The van der Waals surface area contributed by atoms with E-state index in [0.29, 0.717) is 11.3 Å². The number of aliphatic carboxylic acids is 1. The number of hydrogen-bond donors (Lipinski definition) is 1. The first-order chi connectivity index (χ1) is 8.50. The number of aryl methyl sites for hydroxylation is 1. The maximum atomic E-state index is 11.8. The third-order valence-electron chi connectivity index (χ3n) is 2.97. The normalized spacial score (nSPS) is 12.3. The molecule has 5 nitrogen and oxygen atoms in total. The van der Waals surface area contributed by atoms with Gasteiger partial charge in [-0.05, 0) is 24.6 Å². The highest BCUT2D eigenvalue weighted by Gasteiger charge is 2.14. The first kappa shape index (κ1) is 12.2. The molecular formula is C13H14N2O3. The SMILES string of the molecule is CC(C(=O)O)c1cccc(-n2ccn(C)c2=O)c1. The Morgan fingerprint density at radius 1 is 1.33 bits per heavy atom. The van der Waals surface area contributed by atoms with Gasteiger partial charge in [-0.3, -0.25) is 9.36 Å². The van der Waals surface area contributed by atoms with Gasteiger partial charge < -0.3 is 9.67 Å². The molecule has 1 aromatic heterocycles. The molecule has 0 fully saturated rings. The van der Waals surface area contributed by atoms with Crippen molar-refractivity contribution >= 4 is 5.97 Å². The Morgan fingerprint density at radius 2 is 2.06 bits per heavy atom. The summed E-state index contributed by atoms with van der Waals surface area (Å²) >= 11 is 0.